The maximum absolute atomic E-state index is 15.1. The van der Waals surface area contributed by atoms with Gasteiger partial charge in [0.25, 0.3) is 0 Å². The summed E-state index contributed by atoms with van der Waals surface area (Å²) in [4.78, 5) is 23.1. The number of amides is 1. The first-order chi connectivity index (χ1) is 18.2. The Morgan fingerprint density at radius 1 is 1.29 bits per heavy atom. The zero-order valence-electron chi connectivity index (χ0n) is 21.7. The molecule has 4 aromatic rings. The zero-order valence-corrected chi connectivity index (χ0v) is 18.7. The maximum Gasteiger partial charge on any atom is 0.228 e. The monoisotopic (exact) mass is 480 g/mol. The minimum Gasteiger partial charge on any atom is -0.378 e. The molecule has 0 radical (unpaired) electrons. The van der Waals surface area contributed by atoms with Crippen molar-refractivity contribution in [3.05, 3.63) is 30.3 Å². The molecular formula is C23H24FN9O2. The number of anilines is 3. The lowest BCUT2D eigenvalue weighted by Crippen LogP contribution is -2.36. The first kappa shape index (κ1) is 18.4. The number of carbonyl (C=O) groups is 1. The molecule has 180 valence electrons. The summed E-state index contributed by atoms with van der Waals surface area (Å²) in [6.07, 6.45) is 4.83. The number of ether oxygens (including phenoxy) is 1. The van der Waals surface area contributed by atoms with Crippen LogP contribution in [0.25, 0.3) is 27.9 Å². The van der Waals surface area contributed by atoms with E-state index in [1.807, 2.05) is 4.90 Å². The van der Waals surface area contributed by atoms with Gasteiger partial charge in [-0.05, 0) is 25.8 Å². The van der Waals surface area contributed by atoms with Crippen molar-refractivity contribution in [3.63, 3.8) is 0 Å². The Morgan fingerprint density at radius 2 is 2.14 bits per heavy atom. The Balaban J connectivity index is 1.43. The topological polar surface area (TPSA) is 122 Å². The van der Waals surface area contributed by atoms with Crippen LogP contribution in [0.1, 0.15) is 23.8 Å². The predicted octanol–water partition coefficient (Wildman–Crippen LogP) is 2.49. The molecule has 0 atom stereocenters. The SMILES string of the molecule is [2H]C([2H])([2H])CNc1ncc(-c2nc3c(F)cc(N4CCOCC4)cn3n2)c2cc(NC(=O)C3CC3)nnc12. The molecule has 1 saturated carbocycles. The summed E-state index contributed by atoms with van der Waals surface area (Å²) < 4.78 is 44.3. The Kier molecular flexibility index (Phi) is 4.57. The van der Waals surface area contributed by atoms with E-state index in [4.69, 9.17) is 8.85 Å². The van der Waals surface area contributed by atoms with Crippen LogP contribution in [-0.4, -0.2) is 68.5 Å². The van der Waals surface area contributed by atoms with Crippen LogP contribution in [0.5, 0.6) is 0 Å². The molecule has 35 heavy (non-hydrogen) atoms. The summed E-state index contributed by atoms with van der Waals surface area (Å²) >= 11 is 0. The van der Waals surface area contributed by atoms with E-state index in [-0.39, 0.29) is 47.0 Å². The zero-order chi connectivity index (χ0) is 26.4. The van der Waals surface area contributed by atoms with Crippen LogP contribution in [0.15, 0.2) is 24.5 Å². The van der Waals surface area contributed by atoms with Crippen molar-refractivity contribution in [2.45, 2.75) is 19.7 Å². The van der Waals surface area contributed by atoms with Crippen LogP contribution in [0.4, 0.5) is 21.7 Å². The van der Waals surface area contributed by atoms with Gasteiger partial charge in [0.2, 0.25) is 5.91 Å². The second-order valence-electron chi connectivity index (χ2n) is 8.48. The molecule has 2 fully saturated rings. The van der Waals surface area contributed by atoms with E-state index in [2.05, 4.69) is 35.9 Å². The van der Waals surface area contributed by atoms with Crippen LogP contribution in [0, 0.1) is 11.7 Å². The lowest BCUT2D eigenvalue weighted by atomic mass is 10.1. The van der Waals surface area contributed by atoms with Crippen molar-refractivity contribution < 1.29 is 18.0 Å². The molecule has 12 heteroatoms. The third-order valence-corrected chi connectivity index (χ3v) is 6.08. The quantitative estimate of drug-likeness (QED) is 0.428. The van der Waals surface area contributed by atoms with Gasteiger partial charge in [-0.2, -0.15) is 0 Å². The van der Waals surface area contributed by atoms with Crippen molar-refractivity contribution in [2.24, 2.45) is 5.92 Å². The van der Waals surface area contributed by atoms with Gasteiger partial charge in [0.1, 0.15) is 5.52 Å². The summed E-state index contributed by atoms with van der Waals surface area (Å²) in [5.74, 6) is -0.0816. The van der Waals surface area contributed by atoms with Gasteiger partial charge in [-0.3, -0.25) is 4.79 Å². The maximum atomic E-state index is 15.1. The Hall–Kier alpha value is -3.93. The van der Waals surface area contributed by atoms with E-state index >= 15 is 4.39 Å². The van der Waals surface area contributed by atoms with Gasteiger partial charge in [-0.1, -0.05) is 0 Å². The van der Waals surface area contributed by atoms with Crippen molar-refractivity contribution in [2.75, 3.05) is 48.4 Å². The summed E-state index contributed by atoms with van der Waals surface area (Å²) in [5, 5.41) is 18.9. The number of halogens is 1. The molecule has 0 bridgehead atoms. The van der Waals surface area contributed by atoms with E-state index in [9.17, 15) is 4.79 Å². The molecule has 6 rings (SSSR count). The fraction of sp³-hybridized carbons (Fsp3) is 0.391. The highest BCUT2D eigenvalue weighted by Crippen LogP contribution is 2.33. The molecule has 1 aliphatic heterocycles. The van der Waals surface area contributed by atoms with E-state index in [0.29, 0.717) is 42.9 Å². The molecule has 5 heterocycles. The Bertz CT molecular complexity index is 1530. The Labute approximate surface area is 203 Å². The van der Waals surface area contributed by atoms with Crippen molar-refractivity contribution in [1.29, 1.82) is 0 Å². The van der Waals surface area contributed by atoms with Crippen LogP contribution in [-0.2, 0) is 9.53 Å². The van der Waals surface area contributed by atoms with Gasteiger partial charge in [0.05, 0.1) is 25.1 Å². The first-order valence-electron chi connectivity index (χ1n) is 12.9. The van der Waals surface area contributed by atoms with Crippen LogP contribution in [0.3, 0.4) is 0 Å². The minimum absolute atomic E-state index is 0.0373. The molecule has 4 aromatic heterocycles. The third-order valence-electron chi connectivity index (χ3n) is 6.08. The van der Waals surface area contributed by atoms with Gasteiger partial charge >= 0.3 is 0 Å². The summed E-state index contributed by atoms with van der Waals surface area (Å²) in [6, 6.07) is 3.04. The van der Waals surface area contributed by atoms with Crippen molar-refractivity contribution in [1.82, 2.24) is 29.8 Å². The summed E-state index contributed by atoms with van der Waals surface area (Å²) in [5.41, 5.74) is 1.40. The normalized spacial score (nSPS) is 17.7. The van der Waals surface area contributed by atoms with E-state index < -0.39 is 12.7 Å². The molecule has 0 spiro atoms. The first-order valence-corrected chi connectivity index (χ1v) is 11.4. The number of nitrogens with zero attached hydrogens (tertiary/aromatic N) is 7. The lowest BCUT2D eigenvalue weighted by Gasteiger charge is -2.28. The fourth-order valence-corrected chi connectivity index (χ4v) is 4.10. The van der Waals surface area contributed by atoms with E-state index in [0.717, 1.165) is 12.8 Å². The summed E-state index contributed by atoms with van der Waals surface area (Å²) in [7, 11) is 0. The second kappa shape index (κ2) is 8.69. The largest absolute Gasteiger partial charge is 0.378 e. The van der Waals surface area contributed by atoms with Gasteiger partial charge in [-0.25, -0.2) is 18.9 Å². The molecule has 1 amide bonds. The summed E-state index contributed by atoms with van der Waals surface area (Å²) in [6.45, 7) is -0.180. The molecule has 0 aromatic carbocycles. The van der Waals surface area contributed by atoms with Crippen LogP contribution in [0.2, 0.25) is 0 Å². The molecule has 2 aliphatic rings. The van der Waals surface area contributed by atoms with Crippen molar-refractivity contribution >= 4 is 39.8 Å². The molecule has 0 unspecified atom stereocenters. The number of nitrogens with one attached hydrogen (secondary N) is 2. The van der Waals surface area contributed by atoms with Gasteiger partial charge in [0, 0.05) is 52.9 Å². The highest BCUT2D eigenvalue weighted by molar-refractivity contribution is 6.01. The van der Waals surface area contributed by atoms with Gasteiger partial charge in [0.15, 0.2) is 28.9 Å². The number of pyridine rings is 2. The van der Waals surface area contributed by atoms with E-state index in [1.54, 1.807) is 12.3 Å². The van der Waals surface area contributed by atoms with E-state index in [1.165, 1.54) is 16.8 Å². The molecular weight excluding hydrogens is 453 g/mol. The highest BCUT2D eigenvalue weighted by Gasteiger charge is 2.30. The van der Waals surface area contributed by atoms with Gasteiger partial charge < -0.3 is 20.3 Å². The number of hydrogen-bond acceptors (Lipinski definition) is 9. The smallest absolute Gasteiger partial charge is 0.228 e. The second-order valence-corrected chi connectivity index (χ2v) is 8.48. The Morgan fingerprint density at radius 3 is 2.94 bits per heavy atom. The fourth-order valence-electron chi connectivity index (χ4n) is 4.10. The van der Waals surface area contributed by atoms with Gasteiger partial charge in [-0.15, -0.1) is 15.3 Å². The molecule has 2 N–H and O–H groups in total. The molecule has 1 saturated heterocycles. The third kappa shape index (κ3) is 4.09. The lowest BCUT2D eigenvalue weighted by molar-refractivity contribution is -0.117. The number of fused-ring (bicyclic) bond motifs is 2. The average Bonchev–Trinajstić information content (AvgIpc) is 3.66. The van der Waals surface area contributed by atoms with Crippen LogP contribution < -0.4 is 15.5 Å². The standard InChI is InChI=1S/C23H24FN9O2/c1-2-25-21-19-15(10-18(29-30-19)27-23(34)13-3-4-13)16(11-26-21)20-28-22-17(24)9-14(12-33(22)31-20)32-5-7-35-8-6-32/h9-13H,2-8H2,1H3,(H,25,26)(H,27,29,34)/i1D3. The number of hydrogen-bond donors (Lipinski definition) is 2. The predicted molar refractivity (Wildman–Crippen MR) is 128 cm³/mol. The van der Waals surface area contributed by atoms with Crippen LogP contribution >= 0.6 is 0 Å². The number of carbonyl (C=O) groups excluding carboxylic acids is 1. The highest BCUT2D eigenvalue weighted by atomic mass is 19.1. The molecule has 11 nitrogen and oxygen atoms in total. The number of rotatable bonds is 6. The van der Waals surface area contributed by atoms with Crippen molar-refractivity contribution in [3.8, 4) is 11.4 Å². The number of morpholine rings is 1. The molecule has 1 aliphatic carbocycles. The average molecular weight is 481 g/mol. The number of aromatic nitrogens is 6. The minimum atomic E-state index is -2.24.